The molecule has 1 unspecified atom stereocenters. The van der Waals surface area contributed by atoms with Crippen LogP contribution in [-0.2, 0) is 22.6 Å². The Kier molecular flexibility index (Phi) is 12.5. The summed E-state index contributed by atoms with van der Waals surface area (Å²) in [6, 6.07) is 17.0. The maximum Gasteiger partial charge on any atom is 0.141 e. The standard InChI is InChI=1S/C25H22FNO4.C3H8O.C2H6/c26-24-19(5-3-6-20(24)22(27)14-29)21-13-16(12-18-9-11-30-25(18)21)15-31-23-7-2-1-4-17(23)8-10-28;1-3-4-2;1-2/h1-7,9-13,22,29H,8,14-15,27H2;3H2,1-2H3;1-2H3. The van der Waals surface area contributed by atoms with Crippen LogP contribution in [0.4, 0.5) is 4.39 Å². The number of furan rings is 1. The van der Waals surface area contributed by atoms with E-state index in [4.69, 9.17) is 14.9 Å². The summed E-state index contributed by atoms with van der Waals surface area (Å²) in [6.07, 6.45) is 2.66. The van der Waals surface area contributed by atoms with Gasteiger partial charge in [0.05, 0.1) is 18.9 Å². The summed E-state index contributed by atoms with van der Waals surface area (Å²) < 4.78 is 31.4. The van der Waals surface area contributed by atoms with Crippen molar-refractivity contribution in [3.8, 4) is 16.9 Å². The Bertz CT molecular complexity index is 1250. The van der Waals surface area contributed by atoms with Crippen LogP contribution in [0, 0.1) is 5.82 Å². The highest BCUT2D eigenvalue weighted by Gasteiger charge is 2.18. The normalized spacial score (nSPS) is 11.1. The minimum atomic E-state index is -0.812. The number of carbonyl (C=O) groups excluding carboxylic acids is 1. The van der Waals surface area contributed by atoms with Gasteiger partial charge in [-0.05, 0) is 36.8 Å². The second kappa shape index (κ2) is 15.6. The second-order valence-corrected chi connectivity index (χ2v) is 7.82. The van der Waals surface area contributed by atoms with E-state index in [9.17, 15) is 9.90 Å². The number of fused-ring (bicyclic) bond motifs is 1. The van der Waals surface area contributed by atoms with Crippen LogP contribution in [0.15, 0.2) is 71.3 Å². The first-order valence-electron chi connectivity index (χ1n) is 12.3. The molecule has 0 saturated carbocycles. The predicted octanol–water partition coefficient (Wildman–Crippen LogP) is 6.23. The lowest BCUT2D eigenvalue weighted by Gasteiger charge is -2.15. The average molecular weight is 510 g/mol. The lowest BCUT2D eigenvalue weighted by molar-refractivity contribution is -0.107. The van der Waals surface area contributed by atoms with Gasteiger partial charge in [0, 0.05) is 47.8 Å². The van der Waals surface area contributed by atoms with E-state index in [1.807, 2.05) is 63.2 Å². The molecule has 0 amide bonds. The van der Waals surface area contributed by atoms with Crippen LogP contribution >= 0.6 is 0 Å². The molecule has 7 heteroatoms. The Morgan fingerprint density at radius 1 is 1.08 bits per heavy atom. The molecule has 1 heterocycles. The summed E-state index contributed by atoms with van der Waals surface area (Å²) in [5.74, 6) is 0.140. The Labute approximate surface area is 217 Å². The zero-order valence-corrected chi connectivity index (χ0v) is 21.9. The molecular weight excluding hydrogens is 473 g/mol. The SMILES string of the molecule is CC.CCOC.NC(CO)c1cccc(-c2cc(COc3ccccc3CC=O)cc3ccoc23)c1F. The number of hydrogen-bond acceptors (Lipinski definition) is 6. The van der Waals surface area contributed by atoms with Gasteiger partial charge in [0.15, 0.2) is 0 Å². The van der Waals surface area contributed by atoms with E-state index in [1.165, 1.54) is 0 Å². The summed E-state index contributed by atoms with van der Waals surface area (Å²) in [4.78, 5) is 10.9. The van der Waals surface area contributed by atoms with Gasteiger partial charge in [-0.3, -0.25) is 0 Å². The van der Waals surface area contributed by atoms with Crippen molar-refractivity contribution in [1.82, 2.24) is 0 Å². The van der Waals surface area contributed by atoms with Gasteiger partial charge < -0.3 is 29.5 Å². The van der Waals surface area contributed by atoms with Gasteiger partial charge in [-0.25, -0.2) is 4.39 Å². The van der Waals surface area contributed by atoms with Crippen LogP contribution in [0.2, 0.25) is 0 Å². The monoisotopic (exact) mass is 509 g/mol. The summed E-state index contributed by atoms with van der Waals surface area (Å²) in [7, 11) is 1.68. The fourth-order valence-corrected chi connectivity index (χ4v) is 3.63. The number of halogens is 1. The van der Waals surface area contributed by atoms with E-state index in [0.29, 0.717) is 22.5 Å². The molecule has 3 aromatic carbocycles. The summed E-state index contributed by atoms with van der Waals surface area (Å²) in [5, 5.41) is 10.2. The van der Waals surface area contributed by atoms with Crippen molar-refractivity contribution >= 4 is 17.3 Å². The first-order valence-corrected chi connectivity index (χ1v) is 12.3. The van der Waals surface area contributed by atoms with Crippen LogP contribution in [-0.4, -0.2) is 31.7 Å². The maximum absolute atomic E-state index is 15.3. The van der Waals surface area contributed by atoms with Crippen molar-refractivity contribution in [2.24, 2.45) is 5.73 Å². The van der Waals surface area contributed by atoms with Gasteiger partial charge in [-0.2, -0.15) is 0 Å². The molecule has 0 bridgehead atoms. The highest BCUT2D eigenvalue weighted by molar-refractivity contribution is 5.93. The smallest absolute Gasteiger partial charge is 0.141 e. The molecule has 0 saturated heterocycles. The van der Waals surface area contributed by atoms with Crippen molar-refractivity contribution < 1.29 is 28.2 Å². The minimum absolute atomic E-state index is 0.238. The lowest BCUT2D eigenvalue weighted by atomic mass is 9.96. The average Bonchev–Trinajstić information content (AvgIpc) is 3.42. The Hall–Kier alpha value is -3.52. The fourth-order valence-electron chi connectivity index (χ4n) is 3.63. The lowest BCUT2D eigenvalue weighted by Crippen LogP contribution is -2.16. The molecule has 4 rings (SSSR count). The van der Waals surface area contributed by atoms with Crippen molar-refractivity contribution in [1.29, 1.82) is 0 Å². The summed E-state index contributed by atoms with van der Waals surface area (Å²) in [6.45, 7) is 6.66. The van der Waals surface area contributed by atoms with Crippen LogP contribution in [0.25, 0.3) is 22.1 Å². The summed E-state index contributed by atoms with van der Waals surface area (Å²) in [5.41, 5.74) is 9.19. The molecule has 4 aromatic rings. The molecule has 0 spiro atoms. The second-order valence-electron chi connectivity index (χ2n) is 7.82. The topological polar surface area (TPSA) is 94.9 Å². The minimum Gasteiger partial charge on any atom is -0.489 e. The number of rotatable bonds is 9. The van der Waals surface area contributed by atoms with Crippen molar-refractivity contribution in [2.75, 3.05) is 20.3 Å². The van der Waals surface area contributed by atoms with Gasteiger partial charge in [0.2, 0.25) is 0 Å². The van der Waals surface area contributed by atoms with E-state index in [2.05, 4.69) is 4.74 Å². The molecule has 6 nitrogen and oxygen atoms in total. The molecule has 0 aliphatic carbocycles. The number of hydrogen-bond donors (Lipinski definition) is 2. The zero-order chi connectivity index (χ0) is 27.2. The highest BCUT2D eigenvalue weighted by Crippen LogP contribution is 2.35. The molecule has 0 aliphatic rings. The number of aliphatic hydroxyl groups is 1. The Morgan fingerprint density at radius 3 is 2.49 bits per heavy atom. The number of benzene rings is 3. The van der Waals surface area contributed by atoms with E-state index in [0.717, 1.165) is 29.4 Å². The molecule has 0 aliphatic heterocycles. The van der Waals surface area contributed by atoms with Gasteiger partial charge in [0.25, 0.3) is 0 Å². The zero-order valence-electron chi connectivity index (χ0n) is 21.9. The van der Waals surface area contributed by atoms with Gasteiger partial charge >= 0.3 is 0 Å². The molecule has 1 atom stereocenters. The third-order valence-corrected chi connectivity index (χ3v) is 5.48. The quantitative estimate of drug-likeness (QED) is 0.260. The number of nitrogens with two attached hydrogens (primary N) is 1. The predicted molar refractivity (Wildman–Crippen MR) is 145 cm³/mol. The van der Waals surface area contributed by atoms with Crippen molar-refractivity contribution in [3.05, 3.63) is 89.4 Å². The van der Waals surface area contributed by atoms with Gasteiger partial charge in [0.1, 0.15) is 30.0 Å². The molecule has 3 N–H and O–H groups in total. The molecule has 0 radical (unpaired) electrons. The van der Waals surface area contributed by atoms with E-state index >= 15 is 4.39 Å². The molecule has 37 heavy (non-hydrogen) atoms. The number of para-hydroxylation sites is 1. The van der Waals surface area contributed by atoms with Crippen LogP contribution < -0.4 is 10.5 Å². The Balaban J connectivity index is 0.000000733. The third kappa shape index (κ3) is 7.73. The fraction of sp³-hybridized carbons (Fsp3) is 0.300. The van der Waals surface area contributed by atoms with E-state index in [1.54, 1.807) is 31.6 Å². The van der Waals surface area contributed by atoms with E-state index in [-0.39, 0.29) is 25.2 Å². The first-order chi connectivity index (χ1) is 18.0. The largest absolute Gasteiger partial charge is 0.489 e. The van der Waals surface area contributed by atoms with Crippen molar-refractivity contribution in [2.45, 2.75) is 39.8 Å². The molecular formula is C30H36FNO5. The number of carbonyl (C=O) groups is 1. The molecule has 198 valence electrons. The molecule has 1 aromatic heterocycles. The third-order valence-electron chi connectivity index (χ3n) is 5.48. The van der Waals surface area contributed by atoms with Crippen LogP contribution in [0.3, 0.4) is 0 Å². The van der Waals surface area contributed by atoms with Gasteiger partial charge in [-0.15, -0.1) is 0 Å². The number of aliphatic hydroxyl groups excluding tert-OH is 1. The number of ether oxygens (including phenoxy) is 2. The first kappa shape index (κ1) is 29.7. The Morgan fingerprint density at radius 2 is 1.81 bits per heavy atom. The van der Waals surface area contributed by atoms with Crippen LogP contribution in [0.1, 0.15) is 43.5 Å². The van der Waals surface area contributed by atoms with Gasteiger partial charge in [-0.1, -0.05) is 50.2 Å². The number of aldehydes is 1. The summed E-state index contributed by atoms with van der Waals surface area (Å²) >= 11 is 0. The maximum atomic E-state index is 15.3. The van der Waals surface area contributed by atoms with E-state index < -0.39 is 11.9 Å². The highest BCUT2D eigenvalue weighted by atomic mass is 19.1. The number of methoxy groups -OCH3 is 1. The van der Waals surface area contributed by atoms with Crippen molar-refractivity contribution in [3.63, 3.8) is 0 Å². The van der Waals surface area contributed by atoms with Crippen LogP contribution in [0.5, 0.6) is 5.75 Å². The molecule has 0 fully saturated rings.